The summed E-state index contributed by atoms with van der Waals surface area (Å²) in [6, 6.07) is 6.75. The minimum atomic E-state index is 0.129. The molecule has 0 radical (unpaired) electrons. The molecule has 0 saturated heterocycles. The molecule has 1 aliphatic carbocycles. The van der Waals surface area contributed by atoms with Gasteiger partial charge in [-0.15, -0.1) is 0 Å². The number of pyridine rings is 1. The summed E-state index contributed by atoms with van der Waals surface area (Å²) in [6.07, 6.45) is 4.48. The molecule has 1 aliphatic rings. The van der Waals surface area contributed by atoms with E-state index in [2.05, 4.69) is 42.8 Å². The molecule has 2 aromatic rings. The Kier molecular flexibility index (Phi) is 3.92. The van der Waals surface area contributed by atoms with Crippen LogP contribution in [0.1, 0.15) is 40.8 Å². The number of hydrogen-bond acceptors (Lipinski definition) is 2. The van der Waals surface area contributed by atoms with Gasteiger partial charge in [0.25, 0.3) is 0 Å². The van der Waals surface area contributed by atoms with Gasteiger partial charge in [0, 0.05) is 36.1 Å². The van der Waals surface area contributed by atoms with E-state index in [0.717, 1.165) is 11.3 Å². The van der Waals surface area contributed by atoms with Crippen LogP contribution in [0.5, 0.6) is 0 Å². The molecule has 0 bridgehead atoms. The van der Waals surface area contributed by atoms with Crippen LogP contribution in [0.4, 0.5) is 0 Å². The van der Waals surface area contributed by atoms with Crippen molar-refractivity contribution < 1.29 is 0 Å². The lowest BCUT2D eigenvalue weighted by atomic mass is 10.0. The third-order valence-electron chi connectivity index (χ3n) is 4.36. The quantitative estimate of drug-likeness (QED) is 0.939. The number of nitrogens with zero attached hydrogens (tertiary/aromatic N) is 1. The third kappa shape index (κ3) is 3.00. The summed E-state index contributed by atoms with van der Waals surface area (Å²) in [5.74, 6) is 0. The molecule has 1 N–H and O–H groups in total. The summed E-state index contributed by atoms with van der Waals surface area (Å²) in [5, 5.41) is 3.44. The molecule has 1 aromatic carbocycles. The lowest BCUT2D eigenvalue weighted by molar-refractivity contribution is 0.679. The molecule has 0 amide bonds. The van der Waals surface area contributed by atoms with Crippen LogP contribution in [0.2, 0.25) is 0 Å². The van der Waals surface area contributed by atoms with E-state index in [1.54, 1.807) is 6.07 Å². The van der Waals surface area contributed by atoms with Gasteiger partial charge in [-0.1, -0.05) is 17.7 Å². The normalized spacial score (nSPS) is 14.4. The SMILES string of the molecule is Cc1cc(C)c(-n2cc(CNC3CC3)c(=O)cc2C)c(C)c1. The number of aryl methyl sites for hydroxylation is 4. The van der Waals surface area contributed by atoms with Crippen molar-refractivity contribution in [1.29, 1.82) is 0 Å². The molecule has 116 valence electrons. The van der Waals surface area contributed by atoms with Crippen LogP contribution in [0.15, 0.2) is 29.2 Å². The summed E-state index contributed by atoms with van der Waals surface area (Å²) in [6.45, 7) is 9.04. The fourth-order valence-electron chi connectivity index (χ4n) is 3.14. The number of rotatable bonds is 4. The average molecular weight is 296 g/mol. The monoisotopic (exact) mass is 296 g/mol. The highest BCUT2D eigenvalue weighted by molar-refractivity contribution is 5.50. The first-order valence-corrected chi connectivity index (χ1v) is 7.99. The van der Waals surface area contributed by atoms with Crippen LogP contribution < -0.4 is 10.7 Å². The molecular formula is C19H24N2O. The molecule has 3 nitrogen and oxygen atoms in total. The molecule has 0 spiro atoms. The summed E-state index contributed by atoms with van der Waals surface area (Å²) < 4.78 is 2.16. The number of hydrogen-bond donors (Lipinski definition) is 1. The van der Waals surface area contributed by atoms with Gasteiger partial charge >= 0.3 is 0 Å². The predicted molar refractivity (Wildman–Crippen MR) is 90.8 cm³/mol. The van der Waals surface area contributed by atoms with Gasteiger partial charge in [-0.3, -0.25) is 4.79 Å². The summed E-state index contributed by atoms with van der Waals surface area (Å²) in [5.41, 5.74) is 6.90. The Morgan fingerprint density at radius 2 is 1.73 bits per heavy atom. The molecule has 3 rings (SSSR count). The maximum Gasteiger partial charge on any atom is 0.186 e. The lowest BCUT2D eigenvalue weighted by Crippen LogP contribution is -2.23. The summed E-state index contributed by atoms with van der Waals surface area (Å²) in [4.78, 5) is 12.2. The summed E-state index contributed by atoms with van der Waals surface area (Å²) in [7, 11) is 0. The van der Waals surface area contributed by atoms with Gasteiger partial charge in [-0.2, -0.15) is 0 Å². The van der Waals surface area contributed by atoms with Crippen molar-refractivity contribution in [3.05, 3.63) is 62.6 Å². The smallest absolute Gasteiger partial charge is 0.186 e. The van der Waals surface area contributed by atoms with Gasteiger partial charge in [0.2, 0.25) is 0 Å². The average Bonchev–Trinajstić information content (AvgIpc) is 3.22. The second-order valence-corrected chi connectivity index (χ2v) is 6.58. The van der Waals surface area contributed by atoms with E-state index in [9.17, 15) is 4.79 Å². The Morgan fingerprint density at radius 1 is 1.09 bits per heavy atom. The Balaban J connectivity index is 2.06. The van der Waals surface area contributed by atoms with E-state index in [4.69, 9.17) is 0 Å². The molecule has 0 aliphatic heterocycles. The van der Waals surface area contributed by atoms with E-state index in [1.807, 2.05) is 13.1 Å². The van der Waals surface area contributed by atoms with E-state index in [1.165, 1.54) is 35.2 Å². The van der Waals surface area contributed by atoms with Gasteiger partial charge in [0.1, 0.15) is 0 Å². The van der Waals surface area contributed by atoms with Gasteiger partial charge in [-0.25, -0.2) is 0 Å². The Bertz CT molecular complexity index is 746. The van der Waals surface area contributed by atoms with Crippen LogP contribution in [-0.4, -0.2) is 10.6 Å². The maximum absolute atomic E-state index is 12.2. The van der Waals surface area contributed by atoms with Crippen LogP contribution in [0, 0.1) is 27.7 Å². The van der Waals surface area contributed by atoms with Gasteiger partial charge in [0.15, 0.2) is 5.43 Å². The largest absolute Gasteiger partial charge is 0.320 e. The Labute approximate surface area is 132 Å². The van der Waals surface area contributed by atoms with Crippen molar-refractivity contribution >= 4 is 0 Å². The fourth-order valence-corrected chi connectivity index (χ4v) is 3.14. The Morgan fingerprint density at radius 3 is 2.32 bits per heavy atom. The highest BCUT2D eigenvalue weighted by Gasteiger charge is 2.20. The molecule has 3 heteroatoms. The van der Waals surface area contributed by atoms with E-state index < -0.39 is 0 Å². The Hall–Kier alpha value is -1.87. The highest BCUT2D eigenvalue weighted by atomic mass is 16.1. The topological polar surface area (TPSA) is 34.0 Å². The predicted octanol–water partition coefficient (Wildman–Crippen LogP) is 3.32. The van der Waals surface area contributed by atoms with E-state index in [-0.39, 0.29) is 5.43 Å². The third-order valence-corrected chi connectivity index (χ3v) is 4.36. The first kappa shape index (κ1) is 15.0. The minimum absolute atomic E-state index is 0.129. The molecule has 1 fully saturated rings. The number of aromatic nitrogens is 1. The molecule has 1 aromatic heterocycles. The lowest BCUT2D eigenvalue weighted by Gasteiger charge is -2.18. The van der Waals surface area contributed by atoms with Gasteiger partial charge in [0.05, 0.1) is 5.69 Å². The number of nitrogens with one attached hydrogen (secondary N) is 1. The second kappa shape index (κ2) is 5.73. The van der Waals surface area contributed by atoms with E-state index >= 15 is 0 Å². The van der Waals surface area contributed by atoms with Crippen LogP contribution in [0.3, 0.4) is 0 Å². The summed E-state index contributed by atoms with van der Waals surface area (Å²) >= 11 is 0. The second-order valence-electron chi connectivity index (χ2n) is 6.58. The molecule has 1 heterocycles. The maximum atomic E-state index is 12.2. The van der Waals surface area contributed by atoms with Gasteiger partial charge < -0.3 is 9.88 Å². The highest BCUT2D eigenvalue weighted by Crippen LogP contribution is 2.23. The van der Waals surface area contributed by atoms with Crippen LogP contribution in [0.25, 0.3) is 5.69 Å². The van der Waals surface area contributed by atoms with Crippen LogP contribution in [-0.2, 0) is 6.54 Å². The van der Waals surface area contributed by atoms with Crippen molar-refractivity contribution in [2.75, 3.05) is 0 Å². The zero-order valence-corrected chi connectivity index (χ0v) is 13.9. The molecular weight excluding hydrogens is 272 g/mol. The molecule has 0 unspecified atom stereocenters. The fraction of sp³-hybridized carbons (Fsp3) is 0.421. The van der Waals surface area contributed by atoms with E-state index in [0.29, 0.717) is 12.6 Å². The van der Waals surface area contributed by atoms with Crippen molar-refractivity contribution in [2.24, 2.45) is 0 Å². The zero-order valence-electron chi connectivity index (χ0n) is 13.9. The standard InChI is InChI=1S/C19H24N2O/c1-12-7-13(2)19(14(3)8-12)21-11-16(10-20-17-5-6-17)18(22)9-15(21)4/h7-9,11,17,20H,5-6,10H2,1-4H3. The van der Waals surface area contributed by atoms with Crippen molar-refractivity contribution in [1.82, 2.24) is 9.88 Å². The minimum Gasteiger partial charge on any atom is -0.320 e. The first-order valence-electron chi connectivity index (χ1n) is 7.99. The van der Waals surface area contributed by atoms with Crippen molar-refractivity contribution in [3.63, 3.8) is 0 Å². The number of benzene rings is 1. The molecule has 1 saturated carbocycles. The zero-order chi connectivity index (χ0) is 15.9. The van der Waals surface area contributed by atoms with Crippen molar-refractivity contribution in [3.8, 4) is 5.69 Å². The van der Waals surface area contributed by atoms with Crippen molar-refractivity contribution in [2.45, 2.75) is 53.1 Å². The van der Waals surface area contributed by atoms with Crippen LogP contribution >= 0.6 is 0 Å². The first-order chi connectivity index (χ1) is 10.5. The molecule has 22 heavy (non-hydrogen) atoms. The molecule has 0 atom stereocenters. The van der Waals surface area contributed by atoms with Gasteiger partial charge in [-0.05, 0) is 51.7 Å².